The van der Waals surface area contributed by atoms with Crippen LogP contribution in [0.1, 0.15) is 24.1 Å². The number of aryl methyl sites for hydroxylation is 1. The van der Waals surface area contributed by atoms with Crippen molar-refractivity contribution >= 4 is 34.3 Å². The van der Waals surface area contributed by atoms with Crippen molar-refractivity contribution < 1.29 is 0 Å². The van der Waals surface area contributed by atoms with Gasteiger partial charge in [-0.3, -0.25) is 0 Å². The normalized spacial score (nSPS) is 12.3. The first-order valence-electron chi connectivity index (χ1n) is 6.26. The van der Waals surface area contributed by atoms with Crippen LogP contribution >= 0.6 is 22.9 Å². The predicted molar refractivity (Wildman–Crippen MR) is 86.9 cm³/mol. The third-order valence-corrected chi connectivity index (χ3v) is 4.30. The number of hydrogen-bond acceptors (Lipinski definition) is 3. The second kappa shape index (κ2) is 5.85. The van der Waals surface area contributed by atoms with Gasteiger partial charge < -0.3 is 10.2 Å². The molecule has 0 saturated heterocycles. The largest absolute Gasteiger partial charge is 0.378 e. The van der Waals surface area contributed by atoms with E-state index in [0.717, 1.165) is 4.34 Å². The highest BCUT2D eigenvalue weighted by atomic mass is 35.5. The second-order valence-electron chi connectivity index (χ2n) is 4.94. The van der Waals surface area contributed by atoms with Crippen LogP contribution in [0.25, 0.3) is 0 Å². The molecule has 0 bridgehead atoms. The molecule has 1 atom stereocenters. The minimum atomic E-state index is 0.257. The Morgan fingerprint density at radius 1 is 1.26 bits per heavy atom. The van der Waals surface area contributed by atoms with Crippen molar-refractivity contribution in [3.05, 3.63) is 45.1 Å². The maximum absolute atomic E-state index is 5.98. The van der Waals surface area contributed by atoms with E-state index in [-0.39, 0.29) is 6.04 Å². The molecule has 2 aromatic rings. The summed E-state index contributed by atoms with van der Waals surface area (Å²) in [6, 6.07) is 8.73. The van der Waals surface area contributed by atoms with Crippen molar-refractivity contribution in [2.24, 2.45) is 0 Å². The van der Waals surface area contributed by atoms with Crippen LogP contribution in [0.15, 0.2) is 29.6 Å². The van der Waals surface area contributed by atoms with Crippen molar-refractivity contribution in [1.29, 1.82) is 0 Å². The summed E-state index contributed by atoms with van der Waals surface area (Å²) >= 11 is 7.55. The maximum atomic E-state index is 5.98. The monoisotopic (exact) mass is 294 g/mol. The summed E-state index contributed by atoms with van der Waals surface area (Å²) in [4.78, 5) is 2.11. The summed E-state index contributed by atoms with van der Waals surface area (Å²) in [6.07, 6.45) is 0. The highest BCUT2D eigenvalue weighted by molar-refractivity contribution is 7.14. The lowest BCUT2D eigenvalue weighted by Crippen LogP contribution is -2.10. The number of nitrogens with zero attached hydrogens (tertiary/aromatic N) is 1. The van der Waals surface area contributed by atoms with Gasteiger partial charge in [0.05, 0.1) is 4.34 Å². The molecular formula is C15H19ClN2S. The molecule has 0 aliphatic heterocycles. The Labute approximate surface area is 124 Å². The van der Waals surface area contributed by atoms with Crippen LogP contribution in [0, 0.1) is 6.92 Å². The molecule has 1 N–H and O–H groups in total. The van der Waals surface area contributed by atoms with Crippen molar-refractivity contribution in [1.82, 2.24) is 0 Å². The van der Waals surface area contributed by atoms with E-state index in [1.807, 2.05) is 6.07 Å². The van der Waals surface area contributed by atoms with Gasteiger partial charge in [0.25, 0.3) is 0 Å². The zero-order chi connectivity index (χ0) is 14.0. The van der Waals surface area contributed by atoms with Gasteiger partial charge in [-0.2, -0.15) is 0 Å². The minimum Gasteiger partial charge on any atom is -0.378 e. The highest BCUT2D eigenvalue weighted by Crippen LogP contribution is 2.29. The Kier molecular flexibility index (Phi) is 4.38. The lowest BCUT2D eigenvalue weighted by Gasteiger charge is -2.19. The molecule has 0 aliphatic rings. The molecule has 0 radical (unpaired) electrons. The van der Waals surface area contributed by atoms with Crippen LogP contribution in [-0.2, 0) is 0 Å². The Hall–Kier alpha value is -1.19. The van der Waals surface area contributed by atoms with Crippen LogP contribution in [0.5, 0.6) is 0 Å². The summed E-state index contributed by atoms with van der Waals surface area (Å²) in [7, 11) is 4.11. The van der Waals surface area contributed by atoms with Crippen molar-refractivity contribution in [3.63, 3.8) is 0 Å². The molecular weight excluding hydrogens is 276 g/mol. The van der Waals surface area contributed by atoms with Gasteiger partial charge in [0, 0.05) is 31.5 Å². The molecule has 2 nitrogen and oxygen atoms in total. The van der Waals surface area contributed by atoms with Gasteiger partial charge in [0.2, 0.25) is 0 Å². The number of thiophene rings is 1. The molecule has 1 unspecified atom stereocenters. The smallest absolute Gasteiger partial charge is 0.0931 e. The Morgan fingerprint density at radius 2 is 2.00 bits per heavy atom. The Morgan fingerprint density at radius 3 is 2.53 bits per heavy atom. The van der Waals surface area contributed by atoms with Crippen LogP contribution < -0.4 is 10.2 Å². The number of hydrogen-bond donors (Lipinski definition) is 1. The Balaban J connectivity index is 2.15. The van der Waals surface area contributed by atoms with Gasteiger partial charge in [-0.1, -0.05) is 11.6 Å². The summed E-state index contributed by atoms with van der Waals surface area (Å²) in [5.41, 5.74) is 4.86. The SMILES string of the molecule is Cc1cc(N(C)C)ccc1NC(C)c1csc(Cl)c1. The molecule has 2 rings (SSSR count). The zero-order valence-electron chi connectivity index (χ0n) is 11.7. The maximum Gasteiger partial charge on any atom is 0.0931 e. The number of halogens is 1. The predicted octanol–water partition coefficient (Wildman–Crippen LogP) is 4.95. The van der Waals surface area contributed by atoms with Gasteiger partial charge in [0.1, 0.15) is 0 Å². The van der Waals surface area contributed by atoms with Crippen LogP contribution in [-0.4, -0.2) is 14.1 Å². The summed E-state index contributed by atoms with van der Waals surface area (Å²) < 4.78 is 0.836. The standard InChI is InChI=1S/C15H19ClN2S/c1-10-7-13(18(3)4)5-6-14(10)17-11(2)12-8-15(16)19-9-12/h5-9,11,17H,1-4H3. The first-order chi connectivity index (χ1) is 8.97. The van der Waals surface area contributed by atoms with E-state index in [0.29, 0.717) is 0 Å². The quantitative estimate of drug-likeness (QED) is 0.858. The van der Waals surface area contributed by atoms with Gasteiger partial charge in [-0.05, 0) is 54.6 Å². The van der Waals surface area contributed by atoms with E-state index in [9.17, 15) is 0 Å². The topological polar surface area (TPSA) is 15.3 Å². The van der Waals surface area contributed by atoms with Crippen LogP contribution in [0.2, 0.25) is 4.34 Å². The molecule has 0 fully saturated rings. The minimum absolute atomic E-state index is 0.257. The molecule has 0 spiro atoms. The van der Waals surface area contributed by atoms with E-state index in [1.165, 1.54) is 22.5 Å². The number of anilines is 2. The molecule has 0 saturated carbocycles. The van der Waals surface area contributed by atoms with Gasteiger partial charge in [0.15, 0.2) is 0 Å². The number of rotatable bonds is 4. The van der Waals surface area contributed by atoms with E-state index < -0.39 is 0 Å². The lowest BCUT2D eigenvalue weighted by atomic mass is 10.1. The third kappa shape index (κ3) is 3.43. The molecule has 0 aliphatic carbocycles. The van der Waals surface area contributed by atoms with E-state index in [4.69, 9.17) is 11.6 Å². The van der Waals surface area contributed by atoms with Crippen molar-refractivity contribution in [2.75, 3.05) is 24.3 Å². The fourth-order valence-electron chi connectivity index (χ4n) is 1.96. The molecule has 19 heavy (non-hydrogen) atoms. The fourth-order valence-corrected chi connectivity index (χ4v) is 2.94. The average molecular weight is 295 g/mol. The molecule has 1 heterocycles. The van der Waals surface area contributed by atoms with Crippen LogP contribution in [0.3, 0.4) is 0 Å². The first-order valence-corrected chi connectivity index (χ1v) is 7.51. The van der Waals surface area contributed by atoms with E-state index >= 15 is 0 Å². The highest BCUT2D eigenvalue weighted by Gasteiger charge is 2.09. The van der Waals surface area contributed by atoms with Gasteiger partial charge >= 0.3 is 0 Å². The van der Waals surface area contributed by atoms with Gasteiger partial charge in [-0.25, -0.2) is 0 Å². The number of nitrogens with one attached hydrogen (secondary N) is 1. The lowest BCUT2D eigenvalue weighted by molar-refractivity contribution is 0.888. The van der Waals surface area contributed by atoms with Crippen molar-refractivity contribution in [2.45, 2.75) is 19.9 Å². The van der Waals surface area contributed by atoms with Crippen molar-refractivity contribution in [3.8, 4) is 0 Å². The second-order valence-corrected chi connectivity index (χ2v) is 6.49. The summed E-state index contributed by atoms with van der Waals surface area (Å²) in [6.45, 7) is 4.28. The van der Waals surface area contributed by atoms with Gasteiger partial charge in [-0.15, -0.1) is 11.3 Å². The zero-order valence-corrected chi connectivity index (χ0v) is 13.3. The number of benzene rings is 1. The first kappa shape index (κ1) is 14.2. The molecule has 102 valence electrons. The molecule has 0 amide bonds. The molecule has 4 heteroatoms. The van der Waals surface area contributed by atoms with E-state index in [2.05, 4.69) is 61.7 Å². The van der Waals surface area contributed by atoms with Crippen LogP contribution in [0.4, 0.5) is 11.4 Å². The van der Waals surface area contributed by atoms with E-state index in [1.54, 1.807) is 11.3 Å². The summed E-state index contributed by atoms with van der Waals surface area (Å²) in [5.74, 6) is 0. The molecule has 1 aromatic heterocycles. The Bertz CT molecular complexity index is 563. The fraction of sp³-hybridized carbons (Fsp3) is 0.333. The summed E-state index contributed by atoms with van der Waals surface area (Å²) in [5, 5.41) is 5.64. The average Bonchev–Trinajstić information content (AvgIpc) is 2.78. The third-order valence-electron chi connectivity index (χ3n) is 3.19. The molecule has 1 aromatic carbocycles.